The zero-order valence-corrected chi connectivity index (χ0v) is 9.21. The Morgan fingerprint density at radius 3 is 2.73 bits per heavy atom. The first-order valence-electron chi connectivity index (χ1n) is 5.24. The molecule has 0 atom stereocenters. The van der Waals surface area contributed by atoms with Crippen molar-refractivity contribution < 1.29 is 9.84 Å². The molecule has 82 valence electrons. The molecular formula is C12H17NO2. The summed E-state index contributed by atoms with van der Waals surface area (Å²) in [6.07, 6.45) is 3.46. The van der Waals surface area contributed by atoms with Gasteiger partial charge in [-0.2, -0.15) is 0 Å². The van der Waals surface area contributed by atoms with Gasteiger partial charge in [-0.25, -0.2) is 0 Å². The van der Waals surface area contributed by atoms with Gasteiger partial charge in [0.15, 0.2) is 11.5 Å². The highest BCUT2D eigenvalue weighted by Gasteiger charge is 2.40. The Morgan fingerprint density at radius 2 is 2.20 bits per heavy atom. The highest BCUT2D eigenvalue weighted by molar-refractivity contribution is 5.42. The molecule has 0 amide bonds. The number of phenolic OH excluding ortho intramolecular Hbond substituents is 1. The Balaban J connectivity index is 2.15. The lowest BCUT2D eigenvalue weighted by molar-refractivity contribution is 0.372. The molecule has 0 bridgehead atoms. The molecule has 1 fully saturated rings. The van der Waals surface area contributed by atoms with E-state index in [4.69, 9.17) is 4.74 Å². The van der Waals surface area contributed by atoms with Gasteiger partial charge in [0.25, 0.3) is 0 Å². The monoisotopic (exact) mass is 207 g/mol. The highest BCUT2D eigenvalue weighted by Crippen LogP contribution is 2.39. The van der Waals surface area contributed by atoms with E-state index < -0.39 is 0 Å². The summed E-state index contributed by atoms with van der Waals surface area (Å²) in [4.78, 5) is 0. The minimum Gasteiger partial charge on any atom is -0.504 e. The first-order valence-corrected chi connectivity index (χ1v) is 5.24. The van der Waals surface area contributed by atoms with Gasteiger partial charge in [-0.3, -0.25) is 0 Å². The van der Waals surface area contributed by atoms with Crippen LogP contribution in [0.3, 0.4) is 0 Å². The standard InChI is InChI=1S/C12H17NO2/c1-13-12(5-6-12)8-9-3-4-10(14)11(7-9)15-2/h3-4,7,13-14H,5-6,8H2,1-2H3. The van der Waals surface area contributed by atoms with Gasteiger partial charge >= 0.3 is 0 Å². The topological polar surface area (TPSA) is 41.5 Å². The summed E-state index contributed by atoms with van der Waals surface area (Å²) >= 11 is 0. The number of nitrogens with one attached hydrogen (secondary N) is 1. The van der Waals surface area contributed by atoms with Crippen LogP contribution < -0.4 is 10.1 Å². The maximum atomic E-state index is 9.47. The van der Waals surface area contributed by atoms with Crippen molar-refractivity contribution in [2.45, 2.75) is 24.8 Å². The Kier molecular flexibility index (Phi) is 2.57. The van der Waals surface area contributed by atoms with Crippen LogP contribution in [0.2, 0.25) is 0 Å². The van der Waals surface area contributed by atoms with Crippen LogP contribution in [0.15, 0.2) is 18.2 Å². The second-order valence-corrected chi connectivity index (χ2v) is 4.21. The van der Waals surface area contributed by atoms with E-state index in [2.05, 4.69) is 5.32 Å². The summed E-state index contributed by atoms with van der Waals surface area (Å²) in [5.74, 6) is 0.759. The van der Waals surface area contributed by atoms with Crippen molar-refractivity contribution in [2.24, 2.45) is 0 Å². The molecule has 1 saturated carbocycles. The van der Waals surface area contributed by atoms with E-state index >= 15 is 0 Å². The molecule has 0 unspecified atom stereocenters. The van der Waals surface area contributed by atoms with Crippen molar-refractivity contribution in [2.75, 3.05) is 14.2 Å². The van der Waals surface area contributed by atoms with E-state index in [1.165, 1.54) is 18.4 Å². The lowest BCUT2D eigenvalue weighted by Gasteiger charge is -2.14. The molecule has 0 aliphatic heterocycles. The molecule has 1 aromatic carbocycles. The number of methoxy groups -OCH3 is 1. The molecule has 0 saturated heterocycles. The van der Waals surface area contributed by atoms with Crippen LogP contribution in [-0.4, -0.2) is 24.8 Å². The van der Waals surface area contributed by atoms with Crippen LogP contribution in [0.1, 0.15) is 18.4 Å². The maximum absolute atomic E-state index is 9.47. The van der Waals surface area contributed by atoms with E-state index in [0.29, 0.717) is 11.3 Å². The first-order chi connectivity index (χ1) is 7.19. The Labute approximate surface area is 90.1 Å². The predicted octanol–water partition coefficient (Wildman–Crippen LogP) is 1.70. The molecule has 2 N–H and O–H groups in total. The van der Waals surface area contributed by atoms with Crippen LogP contribution in [0.4, 0.5) is 0 Å². The van der Waals surface area contributed by atoms with E-state index in [9.17, 15) is 5.11 Å². The lowest BCUT2D eigenvalue weighted by Crippen LogP contribution is -2.29. The number of hydrogen-bond donors (Lipinski definition) is 2. The fourth-order valence-corrected chi connectivity index (χ4v) is 1.89. The minimum atomic E-state index is 0.204. The first kappa shape index (κ1) is 10.3. The number of hydrogen-bond acceptors (Lipinski definition) is 3. The van der Waals surface area contributed by atoms with E-state index in [-0.39, 0.29) is 5.75 Å². The van der Waals surface area contributed by atoms with Crippen molar-refractivity contribution in [3.05, 3.63) is 23.8 Å². The van der Waals surface area contributed by atoms with E-state index in [1.54, 1.807) is 13.2 Å². The number of likely N-dealkylation sites (N-methyl/N-ethyl adjacent to an activating group) is 1. The highest BCUT2D eigenvalue weighted by atomic mass is 16.5. The van der Waals surface area contributed by atoms with Gasteiger partial charge in [0.05, 0.1) is 7.11 Å². The van der Waals surface area contributed by atoms with Crippen molar-refractivity contribution in [3.8, 4) is 11.5 Å². The second-order valence-electron chi connectivity index (χ2n) is 4.21. The lowest BCUT2D eigenvalue weighted by atomic mass is 10.0. The third-order valence-corrected chi connectivity index (χ3v) is 3.17. The van der Waals surface area contributed by atoms with Crippen LogP contribution >= 0.6 is 0 Å². The van der Waals surface area contributed by atoms with Crippen LogP contribution in [0, 0.1) is 0 Å². The van der Waals surface area contributed by atoms with Crippen LogP contribution in [0.5, 0.6) is 11.5 Å². The molecule has 0 spiro atoms. The molecule has 1 aliphatic rings. The zero-order valence-electron chi connectivity index (χ0n) is 9.21. The van der Waals surface area contributed by atoms with Crippen LogP contribution in [0.25, 0.3) is 0 Å². The number of phenols is 1. The van der Waals surface area contributed by atoms with Crippen LogP contribution in [-0.2, 0) is 6.42 Å². The third-order valence-electron chi connectivity index (χ3n) is 3.17. The Bertz CT molecular complexity index is 359. The summed E-state index contributed by atoms with van der Waals surface area (Å²) in [5, 5.41) is 12.8. The van der Waals surface area contributed by atoms with Gasteiger partial charge in [-0.15, -0.1) is 0 Å². The van der Waals surface area contributed by atoms with Gasteiger partial charge in [-0.05, 0) is 44.0 Å². The summed E-state index contributed by atoms with van der Waals surface area (Å²) in [6, 6.07) is 5.56. The van der Waals surface area contributed by atoms with Gasteiger partial charge in [0, 0.05) is 5.54 Å². The summed E-state index contributed by atoms with van der Waals surface area (Å²) < 4.78 is 5.08. The summed E-state index contributed by atoms with van der Waals surface area (Å²) in [6.45, 7) is 0. The van der Waals surface area contributed by atoms with E-state index in [1.807, 2.05) is 19.2 Å². The molecular weight excluding hydrogens is 190 g/mol. The molecule has 0 aromatic heterocycles. The predicted molar refractivity (Wildman–Crippen MR) is 59.4 cm³/mol. The smallest absolute Gasteiger partial charge is 0.160 e. The minimum absolute atomic E-state index is 0.204. The van der Waals surface area contributed by atoms with Crippen molar-refractivity contribution >= 4 is 0 Å². The molecule has 0 radical (unpaired) electrons. The Morgan fingerprint density at radius 1 is 1.47 bits per heavy atom. The SMILES string of the molecule is CNC1(Cc2ccc(O)c(OC)c2)CC1. The average molecular weight is 207 g/mol. The quantitative estimate of drug-likeness (QED) is 0.789. The fraction of sp³-hybridized carbons (Fsp3) is 0.500. The Hall–Kier alpha value is -1.22. The van der Waals surface area contributed by atoms with Crippen molar-refractivity contribution in [1.82, 2.24) is 5.32 Å². The maximum Gasteiger partial charge on any atom is 0.160 e. The number of benzene rings is 1. The zero-order chi connectivity index (χ0) is 10.9. The average Bonchev–Trinajstić information content (AvgIpc) is 3.02. The molecule has 3 heteroatoms. The summed E-state index contributed by atoms with van der Waals surface area (Å²) in [5.41, 5.74) is 1.50. The fourth-order valence-electron chi connectivity index (χ4n) is 1.89. The van der Waals surface area contributed by atoms with Gasteiger partial charge < -0.3 is 15.2 Å². The van der Waals surface area contributed by atoms with Gasteiger partial charge in [0.2, 0.25) is 0 Å². The number of ether oxygens (including phenoxy) is 1. The second kappa shape index (κ2) is 3.74. The molecule has 2 rings (SSSR count). The number of aromatic hydroxyl groups is 1. The normalized spacial score (nSPS) is 17.5. The van der Waals surface area contributed by atoms with Gasteiger partial charge in [-0.1, -0.05) is 6.07 Å². The van der Waals surface area contributed by atoms with Gasteiger partial charge in [0.1, 0.15) is 0 Å². The molecule has 1 aliphatic carbocycles. The third kappa shape index (κ3) is 2.07. The molecule has 15 heavy (non-hydrogen) atoms. The van der Waals surface area contributed by atoms with E-state index in [0.717, 1.165) is 6.42 Å². The summed E-state index contributed by atoms with van der Waals surface area (Å²) in [7, 11) is 3.58. The number of rotatable bonds is 4. The molecule has 1 aromatic rings. The van der Waals surface area contributed by atoms with Crippen molar-refractivity contribution in [1.29, 1.82) is 0 Å². The molecule has 3 nitrogen and oxygen atoms in total. The largest absolute Gasteiger partial charge is 0.504 e. The van der Waals surface area contributed by atoms with Crippen molar-refractivity contribution in [3.63, 3.8) is 0 Å². The molecule has 0 heterocycles.